The number of thiocarbonyl (C=S) groups is 1. The SMILES string of the molecule is COc1ccc(NC(=S)NC2CC(C)(C)Oc3ccc(C)cc32)cc1OC. The molecule has 0 bridgehead atoms. The molecule has 0 saturated heterocycles. The summed E-state index contributed by atoms with van der Waals surface area (Å²) in [7, 11) is 3.23. The standard InChI is InChI=1S/C21H26N2O3S/c1-13-6-8-17-15(10-13)16(12-21(2,3)26-17)23-20(27)22-14-7-9-18(24-4)19(11-14)25-5/h6-11,16H,12H2,1-5H3,(H2,22,23,27). The molecule has 2 aromatic rings. The zero-order valence-corrected chi connectivity index (χ0v) is 17.2. The lowest BCUT2D eigenvalue weighted by atomic mass is 9.89. The summed E-state index contributed by atoms with van der Waals surface area (Å²) in [6, 6.07) is 11.9. The maximum Gasteiger partial charge on any atom is 0.171 e. The minimum Gasteiger partial charge on any atom is -0.493 e. The Morgan fingerprint density at radius 3 is 2.56 bits per heavy atom. The molecule has 0 spiro atoms. The Bertz CT molecular complexity index is 851. The number of anilines is 1. The van der Waals surface area contributed by atoms with Crippen LogP contribution in [0.4, 0.5) is 5.69 Å². The smallest absolute Gasteiger partial charge is 0.171 e. The van der Waals surface area contributed by atoms with E-state index in [4.69, 9.17) is 26.4 Å². The van der Waals surface area contributed by atoms with Gasteiger partial charge in [-0.1, -0.05) is 17.7 Å². The summed E-state index contributed by atoms with van der Waals surface area (Å²) < 4.78 is 16.8. The zero-order valence-electron chi connectivity index (χ0n) is 16.4. The van der Waals surface area contributed by atoms with E-state index >= 15 is 0 Å². The Balaban J connectivity index is 1.77. The molecule has 0 fully saturated rings. The summed E-state index contributed by atoms with van der Waals surface area (Å²) in [4.78, 5) is 0. The zero-order chi connectivity index (χ0) is 19.6. The Morgan fingerprint density at radius 2 is 1.85 bits per heavy atom. The molecule has 1 unspecified atom stereocenters. The molecule has 3 rings (SSSR count). The van der Waals surface area contributed by atoms with Gasteiger partial charge < -0.3 is 24.8 Å². The first-order valence-corrected chi connectivity index (χ1v) is 9.31. The molecular formula is C21H26N2O3S. The van der Waals surface area contributed by atoms with Gasteiger partial charge in [0, 0.05) is 23.7 Å². The number of benzene rings is 2. The average molecular weight is 387 g/mol. The lowest BCUT2D eigenvalue weighted by Gasteiger charge is -2.38. The lowest BCUT2D eigenvalue weighted by Crippen LogP contribution is -2.42. The lowest BCUT2D eigenvalue weighted by molar-refractivity contribution is 0.0696. The molecular weight excluding hydrogens is 360 g/mol. The fourth-order valence-corrected chi connectivity index (χ4v) is 3.60. The van der Waals surface area contributed by atoms with E-state index in [0.29, 0.717) is 16.6 Å². The van der Waals surface area contributed by atoms with Gasteiger partial charge in [0.1, 0.15) is 11.4 Å². The van der Waals surface area contributed by atoms with Crippen molar-refractivity contribution in [1.29, 1.82) is 0 Å². The van der Waals surface area contributed by atoms with Gasteiger partial charge in [0.2, 0.25) is 0 Å². The van der Waals surface area contributed by atoms with Crippen LogP contribution in [-0.2, 0) is 0 Å². The molecule has 2 N–H and O–H groups in total. The number of fused-ring (bicyclic) bond motifs is 1. The van der Waals surface area contributed by atoms with Crippen LogP contribution in [0.15, 0.2) is 36.4 Å². The molecule has 1 heterocycles. The Hall–Kier alpha value is -2.47. The molecule has 0 saturated carbocycles. The normalized spacial score (nSPS) is 17.3. The highest BCUT2D eigenvalue weighted by Crippen LogP contribution is 2.40. The minimum absolute atomic E-state index is 0.0730. The third-order valence-corrected chi connectivity index (χ3v) is 4.79. The predicted molar refractivity (Wildman–Crippen MR) is 112 cm³/mol. The van der Waals surface area contributed by atoms with E-state index in [1.54, 1.807) is 14.2 Å². The van der Waals surface area contributed by atoms with Gasteiger partial charge in [-0.15, -0.1) is 0 Å². The van der Waals surface area contributed by atoms with Crippen LogP contribution in [0, 0.1) is 6.92 Å². The van der Waals surface area contributed by atoms with Crippen molar-refractivity contribution in [3.63, 3.8) is 0 Å². The number of ether oxygens (including phenoxy) is 3. The first kappa shape index (κ1) is 19.3. The number of nitrogens with one attached hydrogen (secondary N) is 2. The van der Waals surface area contributed by atoms with Crippen LogP contribution in [0.3, 0.4) is 0 Å². The van der Waals surface area contributed by atoms with Crippen LogP contribution < -0.4 is 24.8 Å². The number of hydrogen-bond acceptors (Lipinski definition) is 4. The topological polar surface area (TPSA) is 51.8 Å². The second-order valence-corrected chi connectivity index (χ2v) is 7.74. The van der Waals surface area contributed by atoms with Crippen molar-refractivity contribution in [3.8, 4) is 17.2 Å². The van der Waals surface area contributed by atoms with Gasteiger partial charge in [-0.2, -0.15) is 0 Å². The molecule has 1 atom stereocenters. The van der Waals surface area contributed by atoms with Crippen molar-refractivity contribution >= 4 is 23.0 Å². The van der Waals surface area contributed by atoms with Gasteiger partial charge in [-0.3, -0.25) is 0 Å². The van der Waals surface area contributed by atoms with Gasteiger partial charge in [-0.25, -0.2) is 0 Å². The maximum atomic E-state index is 6.13. The van der Waals surface area contributed by atoms with Crippen LogP contribution >= 0.6 is 12.2 Å². The molecule has 1 aliphatic heterocycles. The summed E-state index contributed by atoms with van der Waals surface area (Å²) in [5.74, 6) is 2.24. The fraction of sp³-hybridized carbons (Fsp3) is 0.381. The van der Waals surface area contributed by atoms with E-state index in [1.165, 1.54) is 5.56 Å². The third kappa shape index (κ3) is 4.45. The first-order chi connectivity index (χ1) is 12.8. The molecule has 0 radical (unpaired) electrons. The van der Waals surface area contributed by atoms with E-state index in [1.807, 2.05) is 24.3 Å². The van der Waals surface area contributed by atoms with E-state index in [0.717, 1.165) is 23.4 Å². The van der Waals surface area contributed by atoms with E-state index < -0.39 is 0 Å². The molecule has 2 aromatic carbocycles. The highest BCUT2D eigenvalue weighted by Gasteiger charge is 2.34. The summed E-state index contributed by atoms with van der Waals surface area (Å²) in [5.41, 5.74) is 2.90. The van der Waals surface area contributed by atoms with Gasteiger partial charge >= 0.3 is 0 Å². The second-order valence-electron chi connectivity index (χ2n) is 7.33. The van der Waals surface area contributed by atoms with Gasteiger partial charge in [0.25, 0.3) is 0 Å². The van der Waals surface area contributed by atoms with Gasteiger partial charge in [0.05, 0.1) is 20.3 Å². The largest absolute Gasteiger partial charge is 0.493 e. The fourth-order valence-electron chi connectivity index (χ4n) is 3.34. The minimum atomic E-state index is -0.265. The van der Waals surface area contributed by atoms with Crippen LogP contribution in [0.5, 0.6) is 17.2 Å². The van der Waals surface area contributed by atoms with Crippen molar-refractivity contribution in [2.24, 2.45) is 0 Å². The number of rotatable bonds is 4. The molecule has 6 heteroatoms. The van der Waals surface area contributed by atoms with E-state index in [2.05, 4.69) is 43.5 Å². The van der Waals surface area contributed by atoms with Crippen LogP contribution in [0.2, 0.25) is 0 Å². The molecule has 144 valence electrons. The summed E-state index contributed by atoms with van der Waals surface area (Å²) in [6.45, 7) is 6.27. The highest BCUT2D eigenvalue weighted by atomic mass is 32.1. The number of hydrogen-bond donors (Lipinski definition) is 2. The molecule has 0 amide bonds. The molecule has 1 aliphatic rings. The highest BCUT2D eigenvalue weighted by molar-refractivity contribution is 7.80. The van der Waals surface area contributed by atoms with Crippen molar-refractivity contribution in [2.75, 3.05) is 19.5 Å². The summed E-state index contributed by atoms with van der Waals surface area (Å²) in [6.07, 6.45) is 0.817. The van der Waals surface area contributed by atoms with Gasteiger partial charge in [0.15, 0.2) is 16.6 Å². The summed E-state index contributed by atoms with van der Waals surface area (Å²) in [5, 5.41) is 7.23. The van der Waals surface area contributed by atoms with Crippen LogP contribution in [-0.4, -0.2) is 24.9 Å². The van der Waals surface area contributed by atoms with Crippen molar-refractivity contribution in [1.82, 2.24) is 5.32 Å². The van der Waals surface area contributed by atoms with Crippen molar-refractivity contribution in [2.45, 2.75) is 38.8 Å². The second kappa shape index (κ2) is 7.64. The maximum absolute atomic E-state index is 6.13. The third-order valence-electron chi connectivity index (χ3n) is 4.57. The monoisotopic (exact) mass is 386 g/mol. The quantitative estimate of drug-likeness (QED) is 0.749. The first-order valence-electron chi connectivity index (χ1n) is 8.90. The Labute approximate surface area is 166 Å². The van der Waals surface area contributed by atoms with Crippen LogP contribution in [0.1, 0.15) is 37.4 Å². The Kier molecular flexibility index (Phi) is 5.46. The average Bonchev–Trinajstić information content (AvgIpc) is 2.61. The molecule has 5 nitrogen and oxygen atoms in total. The van der Waals surface area contributed by atoms with E-state index in [-0.39, 0.29) is 11.6 Å². The predicted octanol–water partition coefficient (Wildman–Crippen LogP) is 4.60. The number of aryl methyl sites for hydroxylation is 1. The number of methoxy groups -OCH3 is 2. The van der Waals surface area contributed by atoms with Crippen molar-refractivity contribution < 1.29 is 14.2 Å². The molecule has 0 aromatic heterocycles. The summed E-state index contributed by atoms with van der Waals surface area (Å²) >= 11 is 5.56. The van der Waals surface area contributed by atoms with Gasteiger partial charge in [-0.05, 0) is 51.2 Å². The molecule has 0 aliphatic carbocycles. The molecule has 27 heavy (non-hydrogen) atoms. The van der Waals surface area contributed by atoms with Crippen molar-refractivity contribution in [3.05, 3.63) is 47.5 Å². The van der Waals surface area contributed by atoms with E-state index in [9.17, 15) is 0 Å². The van der Waals surface area contributed by atoms with Crippen LogP contribution in [0.25, 0.3) is 0 Å². The Morgan fingerprint density at radius 1 is 1.11 bits per heavy atom.